The Hall–Kier alpha value is -2.82. The molecule has 3 aromatic rings. The van der Waals surface area contributed by atoms with E-state index in [1.165, 1.54) is 15.6 Å². The smallest absolute Gasteiger partial charge is 0.286 e. The summed E-state index contributed by atoms with van der Waals surface area (Å²) in [6.45, 7) is 2.59. The third-order valence-corrected chi connectivity index (χ3v) is 8.54. The van der Waals surface area contributed by atoms with Crippen molar-refractivity contribution in [2.75, 3.05) is 25.5 Å². The highest BCUT2D eigenvalue weighted by atomic mass is 32.2. The number of carbonyl (C=O) groups is 1. The van der Waals surface area contributed by atoms with Gasteiger partial charge >= 0.3 is 0 Å². The van der Waals surface area contributed by atoms with Crippen molar-refractivity contribution >= 4 is 33.0 Å². The van der Waals surface area contributed by atoms with Gasteiger partial charge < -0.3 is 10.1 Å². The zero-order valence-corrected chi connectivity index (χ0v) is 19.4. The Morgan fingerprint density at radius 2 is 1.91 bits per heavy atom. The maximum absolute atomic E-state index is 13.2. The number of aromatic nitrogens is 2. The highest BCUT2D eigenvalue weighted by molar-refractivity contribution is 7.89. The van der Waals surface area contributed by atoms with E-state index in [2.05, 4.69) is 15.5 Å². The topological polar surface area (TPSA) is 101 Å². The highest BCUT2D eigenvalue weighted by Gasteiger charge is 2.33. The van der Waals surface area contributed by atoms with E-state index in [1.807, 2.05) is 6.07 Å². The number of nitrogens with zero attached hydrogens (tertiary/aromatic N) is 3. The molecule has 2 heterocycles. The monoisotopic (exact) mass is 472 g/mol. The summed E-state index contributed by atoms with van der Waals surface area (Å²) in [7, 11) is -2.01. The Morgan fingerprint density at radius 3 is 2.62 bits per heavy atom. The molecule has 4 rings (SSSR count). The average Bonchev–Trinajstić information content (AvgIpc) is 3.30. The fraction of sp³-hybridized carbons (Fsp3) is 0.318. The number of carbonyl (C=O) groups excluding carboxylic acids is 1. The number of anilines is 1. The van der Waals surface area contributed by atoms with Gasteiger partial charge in [0.25, 0.3) is 5.91 Å². The van der Waals surface area contributed by atoms with Gasteiger partial charge in [-0.3, -0.25) is 4.79 Å². The predicted octanol–water partition coefficient (Wildman–Crippen LogP) is 3.68. The number of benzene rings is 2. The van der Waals surface area contributed by atoms with Crippen LogP contribution in [0.15, 0.2) is 53.4 Å². The quantitative estimate of drug-likeness (QED) is 0.587. The molecule has 1 aliphatic rings. The first-order valence-electron chi connectivity index (χ1n) is 10.2. The molecule has 1 aliphatic heterocycles. The van der Waals surface area contributed by atoms with Crippen LogP contribution in [0.1, 0.15) is 39.1 Å². The van der Waals surface area contributed by atoms with Crippen LogP contribution in [0.25, 0.3) is 0 Å². The molecule has 0 radical (unpaired) electrons. The zero-order chi connectivity index (χ0) is 22.7. The molecular formula is C22H24N4O4S2. The minimum Gasteiger partial charge on any atom is -0.497 e. The lowest BCUT2D eigenvalue weighted by molar-refractivity contribution is 0.102. The molecule has 168 valence electrons. The first-order valence-corrected chi connectivity index (χ1v) is 12.5. The molecule has 0 bridgehead atoms. The van der Waals surface area contributed by atoms with Crippen LogP contribution in [0.3, 0.4) is 0 Å². The molecule has 10 heteroatoms. The highest BCUT2D eigenvalue weighted by Crippen LogP contribution is 2.32. The Balaban J connectivity index is 1.46. The number of piperidine rings is 1. The molecule has 0 saturated carbocycles. The van der Waals surface area contributed by atoms with Gasteiger partial charge in [0.05, 0.1) is 12.0 Å². The SMILES string of the molecule is COc1ccc(NC(=O)c2nnc([C@@H]3CCCN(S(=O)(=O)c4ccccc4C)C3)s2)cc1. The van der Waals surface area contributed by atoms with Crippen LogP contribution in [0, 0.1) is 6.92 Å². The minimum absolute atomic E-state index is 0.0948. The number of hydrogen-bond acceptors (Lipinski definition) is 7. The number of sulfonamides is 1. The van der Waals surface area contributed by atoms with Crippen molar-refractivity contribution in [1.82, 2.24) is 14.5 Å². The molecule has 0 aliphatic carbocycles. The number of nitrogens with one attached hydrogen (secondary N) is 1. The molecule has 1 amide bonds. The number of aryl methyl sites for hydroxylation is 1. The van der Waals surface area contributed by atoms with Gasteiger partial charge in [-0.05, 0) is 55.7 Å². The van der Waals surface area contributed by atoms with Gasteiger partial charge in [0.1, 0.15) is 10.8 Å². The van der Waals surface area contributed by atoms with Crippen LogP contribution in [0.2, 0.25) is 0 Å². The molecule has 0 unspecified atom stereocenters. The number of hydrogen-bond donors (Lipinski definition) is 1. The van der Waals surface area contributed by atoms with E-state index in [1.54, 1.807) is 56.5 Å². The molecule has 1 atom stereocenters. The number of rotatable bonds is 6. The van der Waals surface area contributed by atoms with E-state index >= 15 is 0 Å². The summed E-state index contributed by atoms with van der Waals surface area (Å²) in [6.07, 6.45) is 1.53. The molecule has 32 heavy (non-hydrogen) atoms. The Labute approximate surface area is 191 Å². The van der Waals surface area contributed by atoms with Crippen molar-refractivity contribution in [2.24, 2.45) is 0 Å². The largest absolute Gasteiger partial charge is 0.497 e. The van der Waals surface area contributed by atoms with E-state index in [0.717, 1.165) is 18.4 Å². The summed E-state index contributed by atoms with van der Waals surface area (Å²) in [6, 6.07) is 14.0. The Kier molecular flexibility index (Phi) is 6.54. The van der Waals surface area contributed by atoms with Crippen LogP contribution in [0.5, 0.6) is 5.75 Å². The normalized spacial score (nSPS) is 17.1. The first-order chi connectivity index (χ1) is 15.4. The third kappa shape index (κ3) is 4.67. The van der Waals surface area contributed by atoms with Gasteiger partial charge in [0, 0.05) is 24.7 Å². The van der Waals surface area contributed by atoms with E-state index in [0.29, 0.717) is 34.4 Å². The molecule has 1 N–H and O–H groups in total. The third-order valence-electron chi connectivity index (χ3n) is 5.43. The molecule has 8 nitrogen and oxygen atoms in total. The van der Waals surface area contributed by atoms with Crippen LogP contribution in [-0.4, -0.2) is 49.0 Å². The van der Waals surface area contributed by atoms with Crippen molar-refractivity contribution in [3.8, 4) is 5.75 Å². The Bertz CT molecular complexity index is 1210. The lowest BCUT2D eigenvalue weighted by atomic mass is 10.0. The maximum Gasteiger partial charge on any atom is 0.286 e. The van der Waals surface area contributed by atoms with Gasteiger partial charge in [-0.15, -0.1) is 10.2 Å². The van der Waals surface area contributed by atoms with Crippen molar-refractivity contribution in [2.45, 2.75) is 30.6 Å². The molecule has 0 spiro atoms. The molecule has 1 saturated heterocycles. The first kappa shape index (κ1) is 22.4. The van der Waals surface area contributed by atoms with Crippen molar-refractivity contribution in [1.29, 1.82) is 0 Å². The maximum atomic E-state index is 13.2. The van der Waals surface area contributed by atoms with Crippen LogP contribution >= 0.6 is 11.3 Å². The number of amides is 1. The zero-order valence-electron chi connectivity index (χ0n) is 17.8. The van der Waals surface area contributed by atoms with Gasteiger partial charge in [-0.25, -0.2) is 8.42 Å². The Morgan fingerprint density at radius 1 is 1.16 bits per heavy atom. The predicted molar refractivity (Wildman–Crippen MR) is 123 cm³/mol. The summed E-state index contributed by atoms with van der Waals surface area (Å²) < 4.78 is 33.0. The van der Waals surface area contributed by atoms with Crippen molar-refractivity contribution < 1.29 is 17.9 Å². The summed E-state index contributed by atoms with van der Waals surface area (Å²) in [5.74, 6) is 0.255. The number of methoxy groups -OCH3 is 1. The van der Waals surface area contributed by atoms with E-state index in [4.69, 9.17) is 4.74 Å². The lowest BCUT2D eigenvalue weighted by Crippen LogP contribution is -2.39. The van der Waals surface area contributed by atoms with Gasteiger partial charge in [0.15, 0.2) is 0 Å². The molecular weight excluding hydrogens is 448 g/mol. The second kappa shape index (κ2) is 9.35. The van der Waals surface area contributed by atoms with E-state index < -0.39 is 10.0 Å². The number of ether oxygens (including phenoxy) is 1. The average molecular weight is 473 g/mol. The second-order valence-electron chi connectivity index (χ2n) is 7.60. The van der Waals surface area contributed by atoms with E-state index in [-0.39, 0.29) is 16.8 Å². The van der Waals surface area contributed by atoms with Gasteiger partial charge in [-0.1, -0.05) is 29.5 Å². The van der Waals surface area contributed by atoms with Crippen LogP contribution in [0.4, 0.5) is 5.69 Å². The van der Waals surface area contributed by atoms with Gasteiger partial charge in [0.2, 0.25) is 15.0 Å². The molecule has 2 aromatic carbocycles. The van der Waals surface area contributed by atoms with Gasteiger partial charge in [-0.2, -0.15) is 4.31 Å². The summed E-state index contributed by atoms with van der Waals surface area (Å²) >= 11 is 1.21. The standard InChI is InChI=1S/C22H24N4O4S2/c1-15-6-3-4-8-19(15)32(28,29)26-13-5-7-16(14-26)21-24-25-22(31-21)20(27)23-17-9-11-18(30-2)12-10-17/h3-4,6,8-12,16H,5,7,13-14H2,1-2H3,(H,23,27)/t16-/m1/s1. The van der Waals surface area contributed by atoms with E-state index in [9.17, 15) is 13.2 Å². The second-order valence-corrected chi connectivity index (χ2v) is 10.5. The summed E-state index contributed by atoms with van der Waals surface area (Å²) in [5, 5.41) is 12.0. The summed E-state index contributed by atoms with van der Waals surface area (Å²) in [5.41, 5.74) is 1.35. The van der Waals surface area contributed by atoms with Crippen LogP contribution < -0.4 is 10.1 Å². The van der Waals surface area contributed by atoms with Crippen molar-refractivity contribution in [3.63, 3.8) is 0 Å². The minimum atomic E-state index is -3.59. The fourth-order valence-corrected chi connectivity index (χ4v) is 6.31. The molecule has 1 fully saturated rings. The lowest BCUT2D eigenvalue weighted by Gasteiger charge is -2.31. The summed E-state index contributed by atoms with van der Waals surface area (Å²) in [4.78, 5) is 12.9. The fourth-order valence-electron chi connectivity index (χ4n) is 3.70. The van der Waals surface area contributed by atoms with Crippen LogP contribution in [-0.2, 0) is 10.0 Å². The molecule has 1 aromatic heterocycles. The van der Waals surface area contributed by atoms with Crippen molar-refractivity contribution in [3.05, 3.63) is 64.1 Å².